The number of para-hydroxylation sites is 1. The maximum atomic E-state index is 13.7. The number of urea groups is 1. The lowest BCUT2D eigenvalue weighted by Gasteiger charge is -2.37. The molecule has 0 aliphatic carbocycles. The van der Waals surface area contributed by atoms with Gasteiger partial charge in [0.2, 0.25) is 0 Å². The van der Waals surface area contributed by atoms with Crippen LogP contribution in [0.25, 0.3) is 0 Å². The number of halogens is 1. The van der Waals surface area contributed by atoms with Gasteiger partial charge in [0, 0.05) is 44.0 Å². The van der Waals surface area contributed by atoms with Crippen LogP contribution in [0.1, 0.15) is 23.6 Å². The number of nitrogens with zero attached hydrogens (tertiary/aromatic N) is 2. The fourth-order valence-electron chi connectivity index (χ4n) is 3.52. The molecule has 1 N–H and O–H groups in total. The first-order valence-electron chi connectivity index (χ1n) is 9.19. The molecule has 1 saturated heterocycles. The summed E-state index contributed by atoms with van der Waals surface area (Å²) in [6, 6.07) is 12.8. The van der Waals surface area contributed by atoms with E-state index in [2.05, 4.69) is 42.3 Å². The minimum atomic E-state index is -0.288. The molecule has 1 heterocycles. The summed E-state index contributed by atoms with van der Waals surface area (Å²) in [6.45, 7) is 7.48. The Labute approximate surface area is 154 Å². The summed E-state index contributed by atoms with van der Waals surface area (Å²) in [4.78, 5) is 16.6. The fraction of sp³-hybridized carbons (Fsp3) is 0.381. The third-order valence-electron chi connectivity index (χ3n) is 4.97. The minimum absolute atomic E-state index is 0.131. The number of hydrogen-bond donors (Lipinski definition) is 1. The molecule has 1 fully saturated rings. The Morgan fingerprint density at radius 3 is 2.42 bits per heavy atom. The highest BCUT2D eigenvalue weighted by molar-refractivity contribution is 5.74. The molecule has 3 rings (SSSR count). The topological polar surface area (TPSA) is 35.6 Å². The number of aryl methyl sites for hydroxylation is 2. The van der Waals surface area contributed by atoms with Crippen LogP contribution in [0.5, 0.6) is 0 Å². The lowest BCUT2D eigenvalue weighted by molar-refractivity contribution is 0.194. The van der Waals surface area contributed by atoms with Crippen molar-refractivity contribution in [3.8, 4) is 0 Å². The Hall–Kier alpha value is -2.56. The van der Waals surface area contributed by atoms with Crippen molar-refractivity contribution in [1.29, 1.82) is 0 Å². The van der Waals surface area contributed by atoms with E-state index in [1.807, 2.05) is 0 Å². The number of amides is 2. The quantitative estimate of drug-likeness (QED) is 0.907. The molecule has 26 heavy (non-hydrogen) atoms. The maximum absolute atomic E-state index is 13.7. The predicted octanol–water partition coefficient (Wildman–Crippen LogP) is 3.73. The molecule has 1 aliphatic heterocycles. The van der Waals surface area contributed by atoms with Gasteiger partial charge in [-0.3, -0.25) is 0 Å². The maximum Gasteiger partial charge on any atom is 0.317 e. The van der Waals surface area contributed by atoms with Crippen molar-refractivity contribution < 1.29 is 9.18 Å². The van der Waals surface area contributed by atoms with E-state index in [1.54, 1.807) is 23.1 Å². The van der Waals surface area contributed by atoms with Crippen LogP contribution in [0.2, 0.25) is 0 Å². The summed E-state index contributed by atoms with van der Waals surface area (Å²) in [7, 11) is 0. The second-order valence-corrected chi connectivity index (χ2v) is 6.66. The molecule has 0 saturated carbocycles. The number of hydrogen-bond acceptors (Lipinski definition) is 2. The van der Waals surface area contributed by atoms with E-state index < -0.39 is 0 Å². The van der Waals surface area contributed by atoms with Gasteiger partial charge in [0.1, 0.15) is 5.82 Å². The van der Waals surface area contributed by atoms with Crippen molar-refractivity contribution in [3.63, 3.8) is 0 Å². The molecular weight excluding hydrogens is 329 g/mol. The monoisotopic (exact) mass is 355 g/mol. The normalized spacial score (nSPS) is 14.4. The van der Waals surface area contributed by atoms with E-state index in [-0.39, 0.29) is 18.4 Å². The van der Waals surface area contributed by atoms with Gasteiger partial charge in [-0.15, -0.1) is 0 Å². The summed E-state index contributed by atoms with van der Waals surface area (Å²) in [5.74, 6) is -0.288. The molecule has 0 bridgehead atoms. The van der Waals surface area contributed by atoms with Crippen molar-refractivity contribution in [2.24, 2.45) is 0 Å². The van der Waals surface area contributed by atoms with Crippen LogP contribution in [-0.4, -0.2) is 37.1 Å². The van der Waals surface area contributed by atoms with Crippen molar-refractivity contribution in [2.75, 3.05) is 31.1 Å². The van der Waals surface area contributed by atoms with Crippen molar-refractivity contribution in [3.05, 3.63) is 65.0 Å². The average molecular weight is 355 g/mol. The van der Waals surface area contributed by atoms with E-state index in [4.69, 9.17) is 0 Å². The molecule has 5 heteroatoms. The van der Waals surface area contributed by atoms with Gasteiger partial charge >= 0.3 is 6.03 Å². The van der Waals surface area contributed by atoms with Crippen molar-refractivity contribution >= 4 is 11.7 Å². The molecule has 1 aliphatic rings. The Balaban J connectivity index is 1.57. The van der Waals surface area contributed by atoms with Crippen LogP contribution >= 0.6 is 0 Å². The van der Waals surface area contributed by atoms with Crippen molar-refractivity contribution in [2.45, 2.75) is 26.8 Å². The summed E-state index contributed by atoms with van der Waals surface area (Å²) >= 11 is 0. The first kappa shape index (κ1) is 18.2. The summed E-state index contributed by atoms with van der Waals surface area (Å²) in [5, 5.41) is 2.83. The number of nitrogens with one attached hydrogen (secondary N) is 1. The van der Waals surface area contributed by atoms with Crippen LogP contribution in [0.4, 0.5) is 14.9 Å². The fourth-order valence-corrected chi connectivity index (χ4v) is 3.52. The lowest BCUT2D eigenvalue weighted by Crippen LogP contribution is -2.52. The van der Waals surface area contributed by atoms with Crippen molar-refractivity contribution in [1.82, 2.24) is 10.2 Å². The van der Waals surface area contributed by atoms with Gasteiger partial charge in [0.15, 0.2) is 0 Å². The van der Waals surface area contributed by atoms with E-state index in [0.717, 1.165) is 19.5 Å². The summed E-state index contributed by atoms with van der Waals surface area (Å²) in [5.41, 5.74) is 4.44. The molecule has 0 unspecified atom stereocenters. The minimum Gasteiger partial charge on any atom is -0.368 e. The lowest BCUT2D eigenvalue weighted by atomic mass is 10.0. The third-order valence-corrected chi connectivity index (χ3v) is 4.97. The van der Waals surface area contributed by atoms with Crippen LogP contribution < -0.4 is 10.2 Å². The van der Waals surface area contributed by atoms with Gasteiger partial charge in [0.25, 0.3) is 0 Å². The average Bonchev–Trinajstić information content (AvgIpc) is 2.67. The largest absolute Gasteiger partial charge is 0.368 e. The van der Waals surface area contributed by atoms with Crippen LogP contribution in [-0.2, 0) is 13.0 Å². The summed E-state index contributed by atoms with van der Waals surface area (Å²) < 4.78 is 13.7. The van der Waals surface area contributed by atoms with Crippen LogP contribution in [0.3, 0.4) is 0 Å². The van der Waals surface area contributed by atoms with Gasteiger partial charge in [-0.25, -0.2) is 9.18 Å². The first-order chi connectivity index (χ1) is 12.6. The van der Waals surface area contributed by atoms with Gasteiger partial charge in [-0.05, 0) is 30.5 Å². The van der Waals surface area contributed by atoms with E-state index in [0.29, 0.717) is 18.7 Å². The highest BCUT2D eigenvalue weighted by Crippen LogP contribution is 2.26. The number of carbonyl (C=O) groups excluding carboxylic acids is 1. The molecule has 2 aromatic rings. The number of carbonyl (C=O) groups is 1. The molecular formula is C21H26FN3O. The Morgan fingerprint density at radius 2 is 1.73 bits per heavy atom. The van der Waals surface area contributed by atoms with Gasteiger partial charge in [-0.1, -0.05) is 43.3 Å². The SMILES string of the molecule is CCc1cccc(C)c1N1CCN(C(=O)NCc2ccccc2F)CC1. The first-order valence-corrected chi connectivity index (χ1v) is 9.19. The molecule has 138 valence electrons. The van der Waals surface area contributed by atoms with E-state index in [9.17, 15) is 9.18 Å². The van der Waals surface area contributed by atoms with E-state index in [1.165, 1.54) is 22.9 Å². The van der Waals surface area contributed by atoms with Gasteiger partial charge in [0.05, 0.1) is 0 Å². The summed E-state index contributed by atoms with van der Waals surface area (Å²) in [6.07, 6.45) is 1.00. The Kier molecular flexibility index (Phi) is 5.76. The molecule has 0 radical (unpaired) electrons. The Morgan fingerprint density at radius 1 is 1.04 bits per heavy atom. The molecule has 0 atom stereocenters. The zero-order valence-electron chi connectivity index (χ0n) is 15.5. The van der Waals surface area contributed by atoms with Gasteiger partial charge < -0.3 is 15.1 Å². The molecule has 4 nitrogen and oxygen atoms in total. The second-order valence-electron chi connectivity index (χ2n) is 6.66. The second kappa shape index (κ2) is 8.21. The number of piperazine rings is 1. The smallest absolute Gasteiger partial charge is 0.317 e. The zero-order valence-corrected chi connectivity index (χ0v) is 15.5. The molecule has 2 amide bonds. The third kappa shape index (κ3) is 3.98. The van der Waals surface area contributed by atoms with Crippen LogP contribution in [0, 0.1) is 12.7 Å². The van der Waals surface area contributed by atoms with E-state index >= 15 is 0 Å². The Bertz CT molecular complexity index is 770. The number of rotatable bonds is 4. The van der Waals surface area contributed by atoms with Crippen LogP contribution in [0.15, 0.2) is 42.5 Å². The highest BCUT2D eigenvalue weighted by atomic mass is 19.1. The zero-order chi connectivity index (χ0) is 18.5. The number of benzene rings is 2. The molecule has 0 aromatic heterocycles. The number of anilines is 1. The standard InChI is InChI=1S/C21H26FN3O/c1-3-17-9-6-7-16(2)20(17)24-11-13-25(14-12-24)21(26)23-15-18-8-4-5-10-19(18)22/h4-10H,3,11-15H2,1-2H3,(H,23,26). The predicted molar refractivity (Wildman–Crippen MR) is 103 cm³/mol. The van der Waals surface area contributed by atoms with Gasteiger partial charge in [-0.2, -0.15) is 0 Å². The molecule has 2 aromatic carbocycles. The highest BCUT2D eigenvalue weighted by Gasteiger charge is 2.23. The molecule has 0 spiro atoms.